The van der Waals surface area contributed by atoms with Crippen LogP contribution in [0.2, 0.25) is 0 Å². The van der Waals surface area contributed by atoms with Gasteiger partial charge in [0.15, 0.2) is 0 Å². The molecule has 21 heavy (non-hydrogen) atoms. The number of sulfonamides is 1. The first kappa shape index (κ1) is 15.8. The zero-order valence-electron chi connectivity index (χ0n) is 11.4. The summed E-state index contributed by atoms with van der Waals surface area (Å²) >= 11 is 0. The minimum Gasteiger partial charge on any atom is -0.469 e. The topological polar surface area (TPSA) is 63.7 Å². The third kappa shape index (κ3) is 3.21. The lowest BCUT2D eigenvalue weighted by Gasteiger charge is -2.30. The number of carbonyl (C=O) groups excluding carboxylic acids is 1. The van der Waals surface area contributed by atoms with Crippen LogP contribution >= 0.6 is 0 Å². The molecule has 0 unspecified atom stereocenters. The third-order valence-corrected chi connectivity index (χ3v) is 5.31. The third-order valence-electron chi connectivity index (χ3n) is 3.43. The van der Waals surface area contributed by atoms with Crippen molar-refractivity contribution in [3.63, 3.8) is 0 Å². The second kappa shape index (κ2) is 6.07. The van der Waals surface area contributed by atoms with Crippen molar-refractivity contribution in [2.24, 2.45) is 5.92 Å². The molecule has 0 aromatic heterocycles. The molecule has 0 radical (unpaired) electrons. The van der Waals surface area contributed by atoms with E-state index >= 15 is 0 Å². The maximum absolute atomic E-state index is 13.7. The van der Waals surface area contributed by atoms with Gasteiger partial charge < -0.3 is 4.74 Å². The van der Waals surface area contributed by atoms with Gasteiger partial charge in [-0.1, -0.05) is 0 Å². The Morgan fingerprint density at radius 2 is 2.10 bits per heavy atom. The van der Waals surface area contributed by atoms with Crippen molar-refractivity contribution in [2.75, 3.05) is 20.2 Å². The Hall–Kier alpha value is -1.54. The van der Waals surface area contributed by atoms with Gasteiger partial charge >= 0.3 is 5.97 Å². The summed E-state index contributed by atoms with van der Waals surface area (Å²) < 4.78 is 57.2. The van der Waals surface area contributed by atoms with Crippen LogP contribution in [0.4, 0.5) is 8.78 Å². The Labute approximate surface area is 121 Å². The van der Waals surface area contributed by atoms with E-state index in [1.807, 2.05) is 0 Å². The highest BCUT2D eigenvalue weighted by molar-refractivity contribution is 7.89. The van der Waals surface area contributed by atoms with Gasteiger partial charge in [0, 0.05) is 13.1 Å². The quantitative estimate of drug-likeness (QED) is 0.793. The fourth-order valence-corrected chi connectivity index (χ4v) is 3.93. The summed E-state index contributed by atoms with van der Waals surface area (Å²) in [6.07, 6.45) is 0.959. The van der Waals surface area contributed by atoms with E-state index < -0.39 is 38.4 Å². The first-order valence-corrected chi connectivity index (χ1v) is 7.83. The summed E-state index contributed by atoms with van der Waals surface area (Å²) in [4.78, 5) is 10.8. The molecule has 1 aliphatic rings. The van der Waals surface area contributed by atoms with Crippen LogP contribution in [-0.2, 0) is 19.6 Å². The van der Waals surface area contributed by atoms with Crippen LogP contribution in [0.25, 0.3) is 0 Å². The van der Waals surface area contributed by atoms with Crippen LogP contribution in [0.15, 0.2) is 23.1 Å². The van der Waals surface area contributed by atoms with Crippen molar-refractivity contribution >= 4 is 16.0 Å². The minimum absolute atomic E-state index is 0.0923. The number of benzene rings is 1. The molecule has 5 nitrogen and oxygen atoms in total. The Morgan fingerprint density at radius 3 is 2.76 bits per heavy atom. The fourth-order valence-electron chi connectivity index (χ4n) is 2.33. The van der Waals surface area contributed by atoms with E-state index in [-0.39, 0.29) is 13.1 Å². The molecule has 0 bridgehead atoms. The van der Waals surface area contributed by atoms with Gasteiger partial charge in [-0.25, -0.2) is 17.2 Å². The van der Waals surface area contributed by atoms with Crippen molar-refractivity contribution in [1.29, 1.82) is 0 Å². The van der Waals surface area contributed by atoms with E-state index in [2.05, 4.69) is 4.74 Å². The molecule has 0 spiro atoms. The molecule has 2 rings (SSSR count). The highest BCUT2D eigenvalue weighted by atomic mass is 32.2. The molecule has 0 amide bonds. The molecule has 0 saturated carbocycles. The van der Waals surface area contributed by atoms with Crippen molar-refractivity contribution < 1.29 is 26.7 Å². The first-order valence-electron chi connectivity index (χ1n) is 6.39. The molecule has 116 valence electrons. The number of esters is 1. The van der Waals surface area contributed by atoms with E-state index in [9.17, 15) is 22.0 Å². The Kier molecular flexibility index (Phi) is 4.58. The number of hydrogen-bond donors (Lipinski definition) is 0. The smallest absolute Gasteiger partial charge is 0.309 e. The number of ether oxygens (including phenoxy) is 1. The molecule has 1 aromatic carbocycles. The van der Waals surface area contributed by atoms with Gasteiger partial charge in [-0.05, 0) is 31.0 Å². The number of methoxy groups -OCH3 is 1. The standard InChI is InChI=1S/C13H15F2NO4S/c1-20-13(17)9-3-2-6-16(8-9)21(18,19)12-7-10(14)4-5-11(12)15/h4-5,7,9H,2-3,6,8H2,1H3/t9-/m0/s1. The van der Waals surface area contributed by atoms with Crippen LogP contribution in [0, 0.1) is 17.6 Å². The average Bonchev–Trinajstić information content (AvgIpc) is 2.49. The number of rotatable bonds is 3. The molecule has 1 fully saturated rings. The number of halogens is 2. The normalized spacial score (nSPS) is 20.2. The van der Waals surface area contributed by atoms with Gasteiger partial charge in [0.2, 0.25) is 10.0 Å². The van der Waals surface area contributed by atoms with E-state index in [1.165, 1.54) is 7.11 Å². The van der Waals surface area contributed by atoms with Crippen LogP contribution in [-0.4, -0.2) is 38.9 Å². The Morgan fingerprint density at radius 1 is 1.38 bits per heavy atom. The Balaban J connectivity index is 2.31. The molecule has 1 aliphatic heterocycles. The van der Waals surface area contributed by atoms with Gasteiger partial charge in [-0.2, -0.15) is 4.31 Å². The summed E-state index contributed by atoms with van der Waals surface area (Å²) in [5.41, 5.74) is 0. The second-order valence-electron chi connectivity index (χ2n) is 4.80. The van der Waals surface area contributed by atoms with Crippen LogP contribution in [0.3, 0.4) is 0 Å². The van der Waals surface area contributed by atoms with E-state index in [0.29, 0.717) is 18.9 Å². The van der Waals surface area contributed by atoms with Gasteiger partial charge in [0.05, 0.1) is 13.0 Å². The van der Waals surface area contributed by atoms with E-state index in [4.69, 9.17) is 0 Å². The predicted octanol–water partition coefficient (Wildman–Crippen LogP) is 1.54. The summed E-state index contributed by atoms with van der Waals surface area (Å²) in [6, 6.07) is 2.26. The SMILES string of the molecule is COC(=O)[C@H]1CCCN(S(=O)(=O)c2cc(F)ccc2F)C1. The maximum Gasteiger partial charge on any atom is 0.309 e. The number of carbonyl (C=O) groups is 1. The monoisotopic (exact) mass is 319 g/mol. The van der Waals surface area contributed by atoms with Crippen molar-refractivity contribution in [2.45, 2.75) is 17.7 Å². The first-order chi connectivity index (χ1) is 9.86. The minimum atomic E-state index is -4.18. The van der Waals surface area contributed by atoms with Gasteiger partial charge in [-0.15, -0.1) is 0 Å². The maximum atomic E-state index is 13.7. The molecular formula is C13H15F2NO4S. The van der Waals surface area contributed by atoms with E-state index in [0.717, 1.165) is 16.4 Å². The van der Waals surface area contributed by atoms with Crippen molar-refractivity contribution in [1.82, 2.24) is 4.31 Å². The second-order valence-corrected chi connectivity index (χ2v) is 6.71. The van der Waals surface area contributed by atoms with Gasteiger partial charge in [-0.3, -0.25) is 4.79 Å². The lowest BCUT2D eigenvalue weighted by molar-refractivity contribution is -0.146. The van der Waals surface area contributed by atoms with E-state index in [1.54, 1.807) is 0 Å². The lowest BCUT2D eigenvalue weighted by atomic mass is 10.0. The molecule has 0 N–H and O–H groups in total. The summed E-state index contributed by atoms with van der Waals surface area (Å²) in [5.74, 6) is -2.95. The summed E-state index contributed by atoms with van der Waals surface area (Å²) in [7, 11) is -2.96. The van der Waals surface area contributed by atoms with Crippen molar-refractivity contribution in [3.05, 3.63) is 29.8 Å². The van der Waals surface area contributed by atoms with Crippen LogP contribution in [0.5, 0.6) is 0 Å². The highest BCUT2D eigenvalue weighted by Crippen LogP contribution is 2.26. The lowest BCUT2D eigenvalue weighted by Crippen LogP contribution is -2.42. The Bertz CT molecular complexity index is 648. The molecule has 1 heterocycles. The number of hydrogen-bond acceptors (Lipinski definition) is 4. The van der Waals surface area contributed by atoms with Crippen LogP contribution in [0.1, 0.15) is 12.8 Å². The molecule has 1 saturated heterocycles. The zero-order chi connectivity index (χ0) is 15.6. The van der Waals surface area contributed by atoms with Crippen LogP contribution < -0.4 is 0 Å². The molecule has 1 atom stereocenters. The molecule has 0 aliphatic carbocycles. The molecule has 8 heteroatoms. The summed E-state index contributed by atoms with van der Waals surface area (Å²) in [5, 5.41) is 0. The molecule has 1 aromatic rings. The zero-order valence-corrected chi connectivity index (χ0v) is 12.2. The predicted molar refractivity (Wildman–Crippen MR) is 69.9 cm³/mol. The molecular weight excluding hydrogens is 304 g/mol. The number of nitrogens with zero attached hydrogens (tertiary/aromatic N) is 1. The largest absolute Gasteiger partial charge is 0.469 e. The summed E-state index contributed by atoms with van der Waals surface area (Å²) in [6.45, 7) is 0.0662. The fraction of sp³-hybridized carbons (Fsp3) is 0.462. The highest BCUT2D eigenvalue weighted by Gasteiger charge is 2.35. The van der Waals surface area contributed by atoms with Gasteiger partial charge in [0.1, 0.15) is 16.5 Å². The number of piperidine rings is 1. The van der Waals surface area contributed by atoms with Crippen molar-refractivity contribution in [3.8, 4) is 0 Å². The van der Waals surface area contributed by atoms with Gasteiger partial charge in [0.25, 0.3) is 0 Å². The average molecular weight is 319 g/mol.